The number of benzene rings is 2. The summed E-state index contributed by atoms with van der Waals surface area (Å²) in [6, 6.07) is 21.3. The first-order chi connectivity index (χ1) is 14.4. The van der Waals surface area contributed by atoms with Gasteiger partial charge in [-0.15, -0.1) is 0 Å². The molecule has 0 N–H and O–H groups in total. The minimum Gasteiger partial charge on any atom is -0.481 e. The molecule has 0 saturated heterocycles. The molecule has 0 fully saturated rings. The third-order valence-electron chi connectivity index (χ3n) is 4.91. The Morgan fingerprint density at radius 1 is 0.967 bits per heavy atom. The third kappa shape index (κ3) is 4.35. The van der Waals surface area contributed by atoms with Crippen LogP contribution in [0.5, 0.6) is 0 Å². The van der Waals surface area contributed by atoms with Gasteiger partial charge in [-0.05, 0) is 49.2 Å². The van der Waals surface area contributed by atoms with Crippen molar-refractivity contribution < 1.29 is 18.7 Å². The molecule has 1 aliphatic rings. The highest BCUT2D eigenvalue weighted by atomic mass is 16.5. The molecule has 5 nitrogen and oxygen atoms in total. The van der Waals surface area contributed by atoms with E-state index in [1.807, 2.05) is 60.7 Å². The lowest BCUT2D eigenvalue weighted by atomic mass is 9.98. The number of amides is 1. The Morgan fingerprint density at radius 3 is 2.30 bits per heavy atom. The summed E-state index contributed by atoms with van der Waals surface area (Å²) in [5, 5.41) is 0. The Balaban J connectivity index is 1.66. The van der Waals surface area contributed by atoms with Gasteiger partial charge in [0.25, 0.3) is 5.91 Å². The van der Waals surface area contributed by atoms with Crippen molar-refractivity contribution in [2.24, 2.45) is 0 Å². The van der Waals surface area contributed by atoms with Gasteiger partial charge in [0.2, 0.25) is 0 Å². The highest BCUT2D eigenvalue weighted by molar-refractivity contribution is 6.09. The predicted octanol–water partition coefficient (Wildman–Crippen LogP) is 5.13. The van der Waals surface area contributed by atoms with E-state index in [9.17, 15) is 9.59 Å². The summed E-state index contributed by atoms with van der Waals surface area (Å²) in [6.45, 7) is 3.83. The second-order valence-electron chi connectivity index (χ2n) is 7.90. The molecule has 5 heteroatoms. The summed E-state index contributed by atoms with van der Waals surface area (Å²) in [5.41, 5.74) is 2.12. The van der Waals surface area contributed by atoms with Crippen molar-refractivity contribution in [3.63, 3.8) is 0 Å². The average molecular weight is 401 g/mol. The number of anilines is 1. The quantitative estimate of drug-likeness (QED) is 0.595. The van der Waals surface area contributed by atoms with Crippen LogP contribution in [0.2, 0.25) is 0 Å². The molecule has 0 saturated carbocycles. The molecule has 0 spiro atoms. The number of ether oxygens (including phenoxy) is 1. The molecule has 2 heterocycles. The Hall–Kier alpha value is -3.60. The molecule has 3 aromatic rings. The van der Waals surface area contributed by atoms with E-state index in [-0.39, 0.29) is 30.4 Å². The van der Waals surface area contributed by atoms with E-state index < -0.39 is 5.60 Å². The number of hydrogen-bond donors (Lipinski definition) is 0. The SMILES string of the molecule is CC1(C)CC(=O)C=C(C(=O)N(Cc2ccco2)c2ccc(-c3ccccc3)cc2)O1. The summed E-state index contributed by atoms with van der Waals surface area (Å²) in [7, 11) is 0. The van der Waals surface area contributed by atoms with Crippen LogP contribution in [0, 0.1) is 0 Å². The molecule has 1 amide bonds. The van der Waals surface area contributed by atoms with E-state index in [1.165, 1.54) is 6.08 Å². The lowest BCUT2D eigenvalue weighted by Gasteiger charge is -2.32. The predicted molar refractivity (Wildman–Crippen MR) is 115 cm³/mol. The van der Waals surface area contributed by atoms with Crippen LogP contribution < -0.4 is 4.90 Å². The van der Waals surface area contributed by atoms with Crippen molar-refractivity contribution in [1.29, 1.82) is 0 Å². The molecule has 4 rings (SSSR count). The molecule has 1 aromatic heterocycles. The van der Waals surface area contributed by atoms with Gasteiger partial charge in [-0.25, -0.2) is 0 Å². The van der Waals surface area contributed by atoms with Crippen molar-refractivity contribution in [3.05, 3.63) is 90.6 Å². The highest BCUT2D eigenvalue weighted by Crippen LogP contribution is 2.29. The maximum Gasteiger partial charge on any atom is 0.293 e. The van der Waals surface area contributed by atoms with Gasteiger partial charge in [0.1, 0.15) is 11.4 Å². The van der Waals surface area contributed by atoms with E-state index in [0.29, 0.717) is 11.4 Å². The van der Waals surface area contributed by atoms with Gasteiger partial charge in [-0.2, -0.15) is 0 Å². The van der Waals surface area contributed by atoms with Crippen LogP contribution in [-0.4, -0.2) is 17.3 Å². The van der Waals surface area contributed by atoms with Crippen molar-refractivity contribution in [2.45, 2.75) is 32.4 Å². The second kappa shape index (κ2) is 8.03. The molecule has 1 aliphatic heterocycles. The standard InChI is InChI=1S/C25H23NO4/c1-25(2)16-21(27)15-23(30-25)24(28)26(17-22-9-6-14-29-22)20-12-10-19(11-13-20)18-7-4-3-5-8-18/h3-15H,16-17H2,1-2H3. The van der Waals surface area contributed by atoms with E-state index in [0.717, 1.165) is 11.1 Å². The number of hydrogen-bond acceptors (Lipinski definition) is 4. The van der Waals surface area contributed by atoms with Gasteiger partial charge in [0.15, 0.2) is 11.5 Å². The minimum atomic E-state index is -0.718. The van der Waals surface area contributed by atoms with Crippen LogP contribution in [0.4, 0.5) is 5.69 Å². The van der Waals surface area contributed by atoms with Gasteiger partial charge in [0.05, 0.1) is 12.8 Å². The fraction of sp³-hybridized carbons (Fsp3) is 0.200. The summed E-state index contributed by atoms with van der Waals surface area (Å²) >= 11 is 0. The maximum atomic E-state index is 13.4. The molecule has 0 bridgehead atoms. The lowest BCUT2D eigenvalue weighted by Crippen LogP contribution is -2.39. The molecule has 0 atom stereocenters. The number of carbonyl (C=O) groups excluding carboxylic acids is 2. The summed E-state index contributed by atoms with van der Waals surface area (Å²) in [5.74, 6) is 0.194. The average Bonchev–Trinajstić information content (AvgIpc) is 3.24. The molecule has 0 aliphatic carbocycles. The number of allylic oxidation sites excluding steroid dienone is 1. The maximum absolute atomic E-state index is 13.4. The minimum absolute atomic E-state index is 0.0509. The first-order valence-electron chi connectivity index (χ1n) is 9.85. The number of ketones is 1. The van der Waals surface area contributed by atoms with Crippen molar-refractivity contribution in [1.82, 2.24) is 0 Å². The topological polar surface area (TPSA) is 59.8 Å². The smallest absolute Gasteiger partial charge is 0.293 e. The van der Waals surface area contributed by atoms with Gasteiger partial charge < -0.3 is 9.15 Å². The van der Waals surface area contributed by atoms with Crippen LogP contribution in [0.25, 0.3) is 11.1 Å². The van der Waals surface area contributed by atoms with Crippen LogP contribution in [0.15, 0.2) is 89.2 Å². The zero-order valence-corrected chi connectivity index (χ0v) is 17.0. The van der Waals surface area contributed by atoms with Gasteiger partial charge >= 0.3 is 0 Å². The largest absolute Gasteiger partial charge is 0.481 e. The van der Waals surface area contributed by atoms with E-state index in [1.54, 1.807) is 31.1 Å². The molecule has 30 heavy (non-hydrogen) atoms. The summed E-state index contributed by atoms with van der Waals surface area (Å²) in [6.07, 6.45) is 3.11. The van der Waals surface area contributed by atoms with Crippen LogP contribution in [0.1, 0.15) is 26.0 Å². The van der Waals surface area contributed by atoms with Gasteiger partial charge in [-0.3, -0.25) is 14.5 Å². The van der Waals surface area contributed by atoms with E-state index in [2.05, 4.69) is 0 Å². The lowest BCUT2D eigenvalue weighted by molar-refractivity contribution is -0.129. The van der Waals surface area contributed by atoms with Crippen LogP contribution >= 0.6 is 0 Å². The molecule has 0 radical (unpaired) electrons. The molecular weight excluding hydrogens is 378 g/mol. The fourth-order valence-electron chi connectivity index (χ4n) is 3.52. The second-order valence-corrected chi connectivity index (χ2v) is 7.90. The van der Waals surface area contributed by atoms with E-state index >= 15 is 0 Å². The zero-order valence-electron chi connectivity index (χ0n) is 17.0. The fourth-order valence-corrected chi connectivity index (χ4v) is 3.52. The first kappa shape index (κ1) is 19.7. The molecule has 2 aromatic carbocycles. The van der Waals surface area contributed by atoms with Crippen molar-refractivity contribution in [3.8, 4) is 11.1 Å². The summed E-state index contributed by atoms with van der Waals surface area (Å²) < 4.78 is 11.3. The third-order valence-corrected chi connectivity index (χ3v) is 4.91. The number of furan rings is 1. The highest BCUT2D eigenvalue weighted by Gasteiger charge is 2.34. The monoisotopic (exact) mass is 401 g/mol. The summed E-state index contributed by atoms with van der Waals surface area (Å²) in [4.78, 5) is 27.0. The van der Waals surface area contributed by atoms with E-state index in [4.69, 9.17) is 9.15 Å². The number of nitrogens with zero attached hydrogens (tertiary/aromatic N) is 1. The van der Waals surface area contributed by atoms with Gasteiger partial charge in [-0.1, -0.05) is 42.5 Å². The Labute approximate surface area is 175 Å². The zero-order chi connectivity index (χ0) is 21.1. The molecular formula is C25H23NO4. The van der Waals surface area contributed by atoms with Crippen LogP contribution in [0.3, 0.4) is 0 Å². The Kier molecular flexibility index (Phi) is 5.27. The van der Waals surface area contributed by atoms with Crippen molar-refractivity contribution >= 4 is 17.4 Å². The van der Waals surface area contributed by atoms with Crippen LogP contribution in [-0.2, 0) is 20.9 Å². The normalized spacial score (nSPS) is 15.3. The Morgan fingerprint density at radius 2 is 1.67 bits per heavy atom. The van der Waals surface area contributed by atoms with Gasteiger partial charge in [0, 0.05) is 18.2 Å². The first-order valence-corrected chi connectivity index (χ1v) is 9.85. The number of carbonyl (C=O) groups is 2. The molecule has 152 valence electrons. The van der Waals surface area contributed by atoms with Crippen molar-refractivity contribution in [2.75, 3.05) is 4.90 Å². The molecule has 0 unspecified atom stereocenters. The Bertz CT molecular complexity index is 1060. The number of rotatable bonds is 5.